The molecule has 2 aromatic heterocycles. The molecule has 1 aliphatic rings. The third-order valence-electron chi connectivity index (χ3n) is 4.32. The Morgan fingerprint density at radius 3 is 2.74 bits per heavy atom. The first-order valence-electron chi connectivity index (χ1n) is 7.98. The molecule has 0 saturated carbocycles. The Labute approximate surface area is 139 Å². The smallest absolute Gasteiger partial charge is 0.287 e. The van der Waals surface area contributed by atoms with Gasteiger partial charge in [0.15, 0.2) is 11.5 Å². The molecule has 1 aliphatic carbocycles. The maximum absolute atomic E-state index is 12.7. The summed E-state index contributed by atoms with van der Waals surface area (Å²) in [5.41, 5.74) is 1.30. The number of aryl methyl sites for hydroxylation is 1. The van der Waals surface area contributed by atoms with Gasteiger partial charge in [0.2, 0.25) is 0 Å². The lowest BCUT2D eigenvalue weighted by Gasteiger charge is -2.20. The molecule has 0 unspecified atom stereocenters. The molecule has 122 valence electrons. The Hall–Kier alpha value is -1.88. The van der Waals surface area contributed by atoms with Gasteiger partial charge in [-0.3, -0.25) is 9.59 Å². The van der Waals surface area contributed by atoms with E-state index in [2.05, 4.69) is 19.2 Å². The van der Waals surface area contributed by atoms with Crippen LogP contribution >= 0.6 is 11.3 Å². The summed E-state index contributed by atoms with van der Waals surface area (Å²) < 4.78 is 5.74. The van der Waals surface area contributed by atoms with E-state index in [9.17, 15) is 9.59 Å². The van der Waals surface area contributed by atoms with E-state index >= 15 is 0 Å². The Bertz CT molecular complexity index is 728. The number of carbonyl (C=O) groups is 2. The minimum Gasteiger partial charge on any atom is -0.455 e. The van der Waals surface area contributed by atoms with Crippen LogP contribution < -0.4 is 5.32 Å². The van der Waals surface area contributed by atoms with Gasteiger partial charge in [-0.2, -0.15) is 0 Å². The first-order valence-corrected chi connectivity index (χ1v) is 8.86. The lowest BCUT2D eigenvalue weighted by atomic mass is 9.94. The van der Waals surface area contributed by atoms with Crippen LogP contribution in [0.15, 0.2) is 21.9 Å². The van der Waals surface area contributed by atoms with Crippen molar-refractivity contribution in [3.05, 3.63) is 45.0 Å². The van der Waals surface area contributed by atoms with Crippen molar-refractivity contribution in [3.8, 4) is 0 Å². The summed E-state index contributed by atoms with van der Waals surface area (Å²) in [6.07, 6.45) is 2.07. The van der Waals surface area contributed by atoms with E-state index < -0.39 is 0 Å². The molecule has 23 heavy (non-hydrogen) atoms. The van der Waals surface area contributed by atoms with Crippen LogP contribution in [-0.2, 0) is 6.42 Å². The summed E-state index contributed by atoms with van der Waals surface area (Å²) in [6, 6.07) is 3.95. The standard InChI is InChI=1S/C18H21NO3S/c1-10(2)16(14-8-5-9-23-14)19-18(21)17-11(3)15-12(20)6-4-7-13(15)22-17/h5,8-10,16H,4,6-7H2,1-3H3,(H,19,21)/t16-/m1/s1. The molecule has 4 nitrogen and oxygen atoms in total. The van der Waals surface area contributed by atoms with Gasteiger partial charge in [0.25, 0.3) is 5.91 Å². The lowest BCUT2D eigenvalue weighted by Crippen LogP contribution is -2.31. The number of amides is 1. The highest BCUT2D eigenvalue weighted by atomic mass is 32.1. The van der Waals surface area contributed by atoms with Crippen molar-refractivity contribution in [3.63, 3.8) is 0 Å². The Balaban J connectivity index is 1.87. The molecule has 2 heterocycles. The van der Waals surface area contributed by atoms with E-state index in [1.807, 2.05) is 17.5 Å². The number of ketones is 1. The van der Waals surface area contributed by atoms with E-state index in [1.54, 1.807) is 18.3 Å². The van der Waals surface area contributed by atoms with Gasteiger partial charge in [-0.1, -0.05) is 19.9 Å². The summed E-state index contributed by atoms with van der Waals surface area (Å²) >= 11 is 1.63. The van der Waals surface area contributed by atoms with Crippen LogP contribution in [0.5, 0.6) is 0 Å². The van der Waals surface area contributed by atoms with Gasteiger partial charge in [-0.25, -0.2) is 0 Å². The molecule has 0 saturated heterocycles. The summed E-state index contributed by atoms with van der Waals surface area (Å²) in [5, 5.41) is 5.07. The fraction of sp³-hybridized carbons (Fsp3) is 0.444. The average Bonchev–Trinajstić information content (AvgIpc) is 3.13. The van der Waals surface area contributed by atoms with Gasteiger partial charge in [0.1, 0.15) is 5.76 Å². The van der Waals surface area contributed by atoms with Crippen LogP contribution in [0, 0.1) is 12.8 Å². The fourth-order valence-corrected chi connectivity index (χ4v) is 4.06. The van der Waals surface area contributed by atoms with Crippen molar-refractivity contribution in [1.82, 2.24) is 5.32 Å². The Morgan fingerprint density at radius 2 is 2.13 bits per heavy atom. The monoisotopic (exact) mass is 331 g/mol. The predicted octanol–water partition coefficient (Wildman–Crippen LogP) is 4.30. The highest BCUT2D eigenvalue weighted by Gasteiger charge is 2.30. The zero-order valence-electron chi connectivity index (χ0n) is 13.6. The summed E-state index contributed by atoms with van der Waals surface area (Å²) in [5.74, 6) is 1.07. The van der Waals surface area contributed by atoms with Gasteiger partial charge >= 0.3 is 0 Å². The topological polar surface area (TPSA) is 59.3 Å². The van der Waals surface area contributed by atoms with Gasteiger partial charge in [0.05, 0.1) is 11.6 Å². The molecule has 5 heteroatoms. The molecule has 3 rings (SSSR count). The predicted molar refractivity (Wildman–Crippen MR) is 90.1 cm³/mol. The zero-order valence-corrected chi connectivity index (χ0v) is 14.5. The molecule has 1 amide bonds. The lowest BCUT2D eigenvalue weighted by molar-refractivity contribution is 0.0893. The van der Waals surface area contributed by atoms with E-state index in [1.165, 1.54) is 0 Å². The first-order chi connectivity index (χ1) is 11.0. The van der Waals surface area contributed by atoms with E-state index in [4.69, 9.17) is 4.42 Å². The van der Waals surface area contributed by atoms with E-state index in [-0.39, 0.29) is 29.4 Å². The number of thiophene rings is 1. The molecule has 1 N–H and O–H groups in total. The van der Waals surface area contributed by atoms with Gasteiger partial charge < -0.3 is 9.73 Å². The first kappa shape index (κ1) is 16.0. The van der Waals surface area contributed by atoms with Crippen molar-refractivity contribution in [2.45, 2.75) is 46.1 Å². The van der Waals surface area contributed by atoms with Crippen molar-refractivity contribution in [2.75, 3.05) is 0 Å². The minimum absolute atomic E-state index is 0.0558. The minimum atomic E-state index is -0.239. The van der Waals surface area contributed by atoms with E-state index in [0.717, 1.165) is 17.7 Å². The SMILES string of the molecule is Cc1c(C(=O)N[C@@H](c2cccs2)C(C)C)oc2c1C(=O)CCC2. The third-order valence-corrected chi connectivity index (χ3v) is 5.27. The molecule has 0 aromatic carbocycles. The molecular weight excluding hydrogens is 310 g/mol. The summed E-state index contributed by atoms with van der Waals surface area (Å²) in [7, 11) is 0. The van der Waals surface area contributed by atoms with E-state index in [0.29, 0.717) is 23.3 Å². The maximum Gasteiger partial charge on any atom is 0.287 e. The van der Waals surface area contributed by atoms with Gasteiger partial charge in [-0.05, 0) is 30.7 Å². The number of rotatable bonds is 4. The van der Waals surface area contributed by atoms with Crippen LogP contribution in [0.2, 0.25) is 0 Å². The van der Waals surface area contributed by atoms with Gasteiger partial charge in [-0.15, -0.1) is 11.3 Å². The molecule has 0 aliphatic heterocycles. The van der Waals surface area contributed by atoms with Crippen LogP contribution in [0.25, 0.3) is 0 Å². The van der Waals surface area contributed by atoms with Crippen molar-refractivity contribution in [1.29, 1.82) is 0 Å². The zero-order chi connectivity index (χ0) is 16.6. The number of hydrogen-bond acceptors (Lipinski definition) is 4. The molecular formula is C18H21NO3S. The molecule has 0 bridgehead atoms. The second kappa shape index (κ2) is 6.32. The van der Waals surface area contributed by atoms with Crippen LogP contribution in [0.3, 0.4) is 0 Å². The normalized spacial score (nSPS) is 15.6. The number of hydrogen-bond donors (Lipinski definition) is 1. The van der Waals surface area contributed by atoms with Crippen molar-refractivity contribution < 1.29 is 14.0 Å². The van der Waals surface area contributed by atoms with Crippen molar-refractivity contribution >= 4 is 23.0 Å². The van der Waals surface area contributed by atoms with Crippen LogP contribution in [0.1, 0.15) is 69.8 Å². The highest BCUT2D eigenvalue weighted by Crippen LogP contribution is 2.31. The highest BCUT2D eigenvalue weighted by molar-refractivity contribution is 7.10. The third kappa shape index (κ3) is 2.98. The van der Waals surface area contributed by atoms with Crippen molar-refractivity contribution in [2.24, 2.45) is 5.92 Å². The summed E-state index contributed by atoms with van der Waals surface area (Å²) in [4.78, 5) is 25.9. The largest absolute Gasteiger partial charge is 0.455 e. The second-order valence-corrected chi connectivity index (χ2v) is 7.32. The number of furan rings is 1. The summed E-state index contributed by atoms with van der Waals surface area (Å²) in [6.45, 7) is 5.96. The quantitative estimate of drug-likeness (QED) is 0.909. The second-order valence-electron chi connectivity index (χ2n) is 6.34. The average molecular weight is 331 g/mol. The Kier molecular flexibility index (Phi) is 4.39. The Morgan fingerprint density at radius 1 is 1.35 bits per heavy atom. The van der Waals surface area contributed by atoms with Crippen LogP contribution in [-0.4, -0.2) is 11.7 Å². The molecule has 0 spiro atoms. The van der Waals surface area contributed by atoms with Crippen LogP contribution in [0.4, 0.5) is 0 Å². The fourth-order valence-electron chi connectivity index (χ4n) is 3.11. The maximum atomic E-state index is 12.7. The molecule has 1 atom stereocenters. The molecule has 0 fully saturated rings. The number of Topliss-reactive ketones (excluding diaryl/α,β-unsaturated/α-hetero) is 1. The number of fused-ring (bicyclic) bond motifs is 1. The number of nitrogens with one attached hydrogen (secondary N) is 1. The number of carbonyl (C=O) groups excluding carboxylic acids is 2. The van der Waals surface area contributed by atoms with Gasteiger partial charge in [0, 0.05) is 23.3 Å². The molecule has 2 aromatic rings. The molecule has 0 radical (unpaired) electrons.